The van der Waals surface area contributed by atoms with Gasteiger partial charge >= 0.3 is 7.12 Å². The van der Waals surface area contributed by atoms with Crippen molar-refractivity contribution in [3.63, 3.8) is 0 Å². The number of phenols is 1. The quantitative estimate of drug-likeness (QED) is 0.0339. The molecule has 4 heterocycles. The monoisotopic (exact) mass is 1340 g/mol. The molecule has 0 radical (unpaired) electrons. The molecule has 0 unspecified atom stereocenters. The lowest BCUT2D eigenvalue weighted by Crippen LogP contribution is -2.64. The summed E-state index contributed by atoms with van der Waals surface area (Å²) in [4.78, 5) is 107. The number of hydrogen-bond donors (Lipinski definition) is 11. The van der Waals surface area contributed by atoms with Crippen LogP contribution in [0.1, 0.15) is 93.0 Å². The number of aliphatic hydroxyl groups is 5. The van der Waals surface area contributed by atoms with Crippen molar-refractivity contribution < 1.29 is 87.5 Å². The molecule has 11 N–H and O–H groups in total. The van der Waals surface area contributed by atoms with E-state index < -0.39 is 159 Å². The van der Waals surface area contributed by atoms with Gasteiger partial charge in [0.05, 0.1) is 64.9 Å². The predicted octanol–water partition coefficient (Wildman–Crippen LogP) is 1.88. The number of aryl methyl sites for hydroxylation is 2. The molecule has 0 aliphatic carbocycles. The summed E-state index contributed by atoms with van der Waals surface area (Å²) < 4.78 is 25.8. The predicted molar refractivity (Wildman–Crippen MR) is 359 cm³/mol. The summed E-state index contributed by atoms with van der Waals surface area (Å²) >= 11 is 0. The van der Waals surface area contributed by atoms with Crippen molar-refractivity contribution in [2.75, 3.05) is 54.0 Å². The molecule has 5 aromatic carbocycles. The van der Waals surface area contributed by atoms with Crippen molar-refractivity contribution in [2.45, 2.75) is 159 Å². The van der Waals surface area contributed by atoms with Gasteiger partial charge in [0.15, 0.2) is 6.23 Å². The van der Waals surface area contributed by atoms with E-state index in [2.05, 4.69) is 33.5 Å². The Morgan fingerprint density at radius 3 is 1.82 bits per heavy atom. The Labute approximate surface area is 565 Å². The lowest BCUT2D eigenvalue weighted by Gasteiger charge is -2.34. The first-order valence-corrected chi connectivity index (χ1v) is 33.2. The second kappa shape index (κ2) is 31.9. The van der Waals surface area contributed by atoms with Gasteiger partial charge in [0.2, 0.25) is 35.4 Å². The highest BCUT2D eigenvalue weighted by Crippen LogP contribution is 2.36. The smallest absolute Gasteiger partial charge is 0.495 e. The number of aromatic hydroxyl groups is 1. The first-order chi connectivity index (χ1) is 46.1. The van der Waals surface area contributed by atoms with Gasteiger partial charge in [0, 0.05) is 37.4 Å². The molecule has 26 heteroatoms. The molecular formula is C71H92BN8O17+. The van der Waals surface area contributed by atoms with E-state index in [0.717, 1.165) is 68.2 Å². The van der Waals surface area contributed by atoms with Gasteiger partial charge in [-0.15, -0.1) is 0 Å². The third-order valence-corrected chi connectivity index (χ3v) is 18.4. The summed E-state index contributed by atoms with van der Waals surface area (Å²) in [5.41, 5.74) is 6.01. The Hall–Kier alpha value is -8.31. The Balaban J connectivity index is 1.07. The van der Waals surface area contributed by atoms with Crippen LogP contribution in [0.25, 0.3) is 22.3 Å². The number of nitrogens with zero attached hydrogens (tertiary/aromatic N) is 3. The van der Waals surface area contributed by atoms with E-state index >= 15 is 24.0 Å². The number of unbranched alkanes of at least 4 members (excludes halogenated alkanes) is 2. The van der Waals surface area contributed by atoms with E-state index in [1.54, 1.807) is 19.1 Å². The second-order valence-electron chi connectivity index (χ2n) is 27.0. The highest BCUT2D eigenvalue weighted by atomic mass is 16.7. The fraction of sp³-hybridized carbons (Fsp3) is 0.479. The van der Waals surface area contributed by atoms with E-state index in [1.165, 1.54) is 50.2 Å². The van der Waals surface area contributed by atoms with Crippen molar-refractivity contribution >= 4 is 53.9 Å². The number of benzene rings is 5. The van der Waals surface area contributed by atoms with Crippen LogP contribution in [0.4, 0.5) is 0 Å². The first kappa shape index (κ1) is 73.0. The molecular weight excluding hydrogens is 1250 g/mol. The summed E-state index contributed by atoms with van der Waals surface area (Å²) in [6.45, 7) is 9.76. The Morgan fingerprint density at radius 2 is 1.25 bits per heavy atom. The van der Waals surface area contributed by atoms with E-state index in [9.17, 15) is 40.2 Å². The molecule has 4 aliphatic rings. The van der Waals surface area contributed by atoms with Gasteiger partial charge in [-0.05, 0) is 104 Å². The standard InChI is InChI=1S/C71H91BN8O17/c1-10-11-12-33-94-52-30-26-47(27-31-52)45-18-16-44(17-19-45)46-20-22-49(23-21-46)64(87)73-53-36-55(85)69(95-34-32-80(7,8)9)77-68(91)60-61(86)41(4)37-79(60)71(93)58(43(6)82)75-67(90)59(76-66(89)54-35-51(84)38-78(54)70(92)57(42(5)81)74-65(53)88)63-62(48-24-28-50(83)29-25-48)96-72(97-63)56-39(2)14-13-15-40(56)3/h13-31,41-43,51,53-55,57-63,69,81-82,84-86H,10-12,32-38H2,1-9H3,(H5-,73,74,75,76,77,83,87,88,89,90,91)/p+1/t41-,42+,43+,51+,53-,54-,55+,57-,58-,59-,60-,61-,62-,63-,69+/m0/s1. The topological polar surface area (TPSA) is 344 Å². The van der Waals surface area contributed by atoms with Gasteiger partial charge < -0.3 is 90.3 Å². The van der Waals surface area contributed by atoms with Crippen molar-refractivity contribution in [3.05, 3.63) is 138 Å². The SMILES string of the molecule is CCCCCOc1ccc(-c2ccc(-c3ccc(C(=O)N[C@H]4C[C@@H](O)[C@@H](OCC[N+](C)(C)C)NC(=O)[C@@H]5[C@@H](O)[C@@H](C)CN5C(=O)[C@H]([C@@H](C)O)NC(=O)[C@H]([C@@H]5OB(c6c(C)cccc6C)O[C@H]5c5ccc(O)cc5)NC(=O)[C@@H]5C[C@@H](O)CN5C(=O)[C@H]([C@@H](C)O)NC4=O)cc3)cc2)cc1. The van der Waals surface area contributed by atoms with Crippen LogP contribution < -0.4 is 36.8 Å². The minimum absolute atomic E-state index is 0.0646. The minimum atomic E-state index is -1.91. The van der Waals surface area contributed by atoms with E-state index in [4.69, 9.17) is 18.8 Å². The van der Waals surface area contributed by atoms with Gasteiger partial charge in [-0.25, -0.2) is 0 Å². The third kappa shape index (κ3) is 17.7. The van der Waals surface area contributed by atoms with Crippen LogP contribution >= 0.6 is 0 Å². The third-order valence-electron chi connectivity index (χ3n) is 18.4. The molecule has 9 rings (SSSR count). The van der Waals surface area contributed by atoms with Gasteiger partial charge in [0.1, 0.15) is 66.5 Å². The zero-order valence-corrected chi connectivity index (χ0v) is 56.3. The van der Waals surface area contributed by atoms with Crippen LogP contribution in [0.3, 0.4) is 0 Å². The number of carbonyl (C=O) groups excluding carboxylic acids is 7. The zero-order chi connectivity index (χ0) is 70.2. The van der Waals surface area contributed by atoms with Crippen molar-refractivity contribution in [1.29, 1.82) is 0 Å². The molecule has 4 fully saturated rings. The number of phenolic OH excluding ortho intramolecular Hbond substituents is 1. The molecule has 0 spiro atoms. The summed E-state index contributed by atoms with van der Waals surface area (Å²) in [5, 5.41) is 82.0. The average molecular weight is 1340 g/mol. The van der Waals surface area contributed by atoms with Gasteiger partial charge in [-0.2, -0.15) is 0 Å². The van der Waals surface area contributed by atoms with Crippen LogP contribution in [-0.2, 0) is 42.8 Å². The Bertz CT molecular complexity index is 3560. The van der Waals surface area contributed by atoms with Crippen LogP contribution in [0.15, 0.2) is 115 Å². The molecule has 7 amide bonds. The number of nitrogens with one attached hydrogen (secondary N) is 5. The molecule has 0 bridgehead atoms. The molecule has 5 aromatic rings. The lowest BCUT2D eigenvalue weighted by molar-refractivity contribution is -0.870. The maximum Gasteiger partial charge on any atom is 0.495 e. The summed E-state index contributed by atoms with van der Waals surface area (Å²) in [5.74, 6) is -7.46. The number of likely N-dealkylation sites (N-methyl/N-ethyl adjacent to an activating group) is 1. The molecule has 4 aliphatic heterocycles. The van der Waals surface area contributed by atoms with E-state index in [0.29, 0.717) is 28.7 Å². The molecule has 0 aromatic heterocycles. The average Bonchev–Trinajstić information content (AvgIpc) is 1.69. The normalized spacial score (nSPS) is 27.0. The maximum absolute atomic E-state index is 15.4. The number of fused-ring (bicyclic) bond motifs is 2. The molecule has 15 atom stereocenters. The number of aliphatic hydroxyl groups excluding tert-OH is 5. The van der Waals surface area contributed by atoms with Crippen molar-refractivity contribution in [1.82, 2.24) is 36.4 Å². The summed E-state index contributed by atoms with van der Waals surface area (Å²) in [6.07, 6.45) is -10.8. The summed E-state index contributed by atoms with van der Waals surface area (Å²) in [7, 11) is 4.38. The van der Waals surface area contributed by atoms with Gasteiger partial charge in [0.25, 0.3) is 5.91 Å². The number of ether oxygens (including phenoxy) is 2. The molecule has 97 heavy (non-hydrogen) atoms. The second-order valence-corrected chi connectivity index (χ2v) is 27.0. The fourth-order valence-electron chi connectivity index (χ4n) is 12.7. The van der Waals surface area contributed by atoms with Crippen molar-refractivity contribution in [3.8, 4) is 33.8 Å². The Morgan fingerprint density at radius 1 is 0.680 bits per heavy atom. The number of amides is 7. The lowest BCUT2D eigenvalue weighted by atomic mass is 9.73. The minimum Gasteiger partial charge on any atom is -0.508 e. The molecule has 25 nitrogen and oxygen atoms in total. The van der Waals surface area contributed by atoms with Crippen LogP contribution in [0.5, 0.6) is 11.5 Å². The largest absolute Gasteiger partial charge is 0.508 e. The number of carbonyl (C=O) groups is 7. The van der Waals surface area contributed by atoms with Gasteiger partial charge in [-0.3, -0.25) is 33.6 Å². The van der Waals surface area contributed by atoms with E-state index in [-0.39, 0.29) is 24.5 Å². The molecule has 520 valence electrons. The van der Waals surface area contributed by atoms with Gasteiger partial charge in [-0.1, -0.05) is 117 Å². The van der Waals surface area contributed by atoms with Crippen LogP contribution in [-0.4, -0.2) is 226 Å². The van der Waals surface area contributed by atoms with Crippen LogP contribution in [0.2, 0.25) is 0 Å². The Kier molecular flexibility index (Phi) is 24.0. The fourth-order valence-corrected chi connectivity index (χ4v) is 12.7. The summed E-state index contributed by atoms with van der Waals surface area (Å²) in [6, 6.07) is 22.5. The van der Waals surface area contributed by atoms with Crippen LogP contribution in [0, 0.1) is 19.8 Å². The highest BCUT2D eigenvalue weighted by Gasteiger charge is 2.53. The maximum atomic E-state index is 15.4. The number of hydrogen-bond acceptors (Lipinski definition) is 17. The first-order valence-electron chi connectivity index (χ1n) is 33.2. The van der Waals surface area contributed by atoms with E-state index in [1.807, 2.05) is 102 Å². The van der Waals surface area contributed by atoms with Crippen molar-refractivity contribution in [2.24, 2.45) is 5.92 Å². The zero-order valence-electron chi connectivity index (χ0n) is 56.3. The molecule has 0 saturated carbocycles. The number of rotatable bonds is 18. The molecule has 4 saturated heterocycles. The highest BCUT2D eigenvalue weighted by molar-refractivity contribution is 6.63. The number of quaternary nitrogens is 1.